The Labute approximate surface area is 119 Å². The molecule has 1 saturated carbocycles. The highest BCUT2D eigenvalue weighted by Gasteiger charge is 2.28. The Kier molecular flexibility index (Phi) is 3.72. The molecule has 1 fully saturated rings. The van der Waals surface area contributed by atoms with Crippen molar-refractivity contribution >= 4 is 16.9 Å². The van der Waals surface area contributed by atoms with Crippen LogP contribution in [0.4, 0.5) is 0 Å². The predicted molar refractivity (Wildman–Crippen MR) is 79.5 cm³/mol. The van der Waals surface area contributed by atoms with Crippen molar-refractivity contribution in [3.63, 3.8) is 0 Å². The maximum Gasteiger partial charge on any atom is 0.223 e. The molecule has 1 heterocycles. The van der Waals surface area contributed by atoms with Gasteiger partial charge in [0.2, 0.25) is 5.91 Å². The molecular formula is C16H21N3O. The van der Waals surface area contributed by atoms with Crippen LogP contribution in [0.25, 0.3) is 11.0 Å². The number of rotatable bonds is 6. The molecule has 0 atom stereocenters. The van der Waals surface area contributed by atoms with Crippen LogP contribution in [0, 0.1) is 5.92 Å². The third-order valence-electron chi connectivity index (χ3n) is 3.87. The first-order valence-corrected chi connectivity index (χ1v) is 7.51. The summed E-state index contributed by atoms with van der Waals surface area (Å²) in [6.07, 6.45) is 3.99. The molecule has 0 saturated heterocycles. The third kappa shape index (κ3) is 2.69. The third-order valence-corrected chi connectivity index (χ3v) is 3.87. The van der Waals surface area contributed by atoms with Crippen LogP contribution in [0.1, 0.15) is 32.0 Å². The first kappa shape index (κ1) is 13.2. The molecule has 1 aliphatic rings. The number of aryl methyl sites for hydroxylation is 2. The smallest absolute Gasteiger partial charge is 0.223 e. The van der Waals surface area contributed by atoms with Gasteiger partial charge >= 0.3 is 0 Å². The Morgan fingerprint density at radius 1 is 1.40 bits per heavy atom. The van der Waals surface area contributed by atoms with E-state index in [1.54, 1.807) is 0 Å². The lowest BCUT2D eigenvalue weighted by molar-refractivity contribution is -0.122. The van der Waals surface area contributed by atoms with Crippen LogP contribution in [0.2, 0.25) is 0 Å². The van der Waals surface area contributed by atoms with E-state index in [0.29, 0.717) is 5.92 Å². The number of hydrogen-bond acceptors (Lipinski definition) is 2. The fraction of sp³-hybridized carbons (Fsp3) is 0.500. The highest BCUT2D eigenvalue weighted by Crippen LogP contribution is 2.28. The van der Waals surface area contributed by atoms with Gasteiger partial charge in [0, 0.05) is 25.4 Å². The van der Waals surface area contributed by atoms with Gasteiger partial charge in [-0.1, -0.05) is 12.1 Å². The van der Waals surface area contributed by atoms with Gasteiger partial charge in [-0.25, -0.2) is 4.98 Å². The van der Waals surface area contributed by atoms with Crippen LogP contribution >= 0.6 is 0 Å². The van der Waals surface area contributed by atoms with Gasteiger partial charge in [0.1, 0.15) is 5.82 Å². The Morgan fingerprint density at radius 2 is 2.20 bits per heavy atom. The number of fused-ring (bicyclic) bond motifs is 1. The SMILES string of the molecule is CCn1c(CCCNC(=O)C2CC2)nc2ccccc21. The molecule has 4 nitrogen and oxygen atoms in total. The zero-order valence-corrected chi connectivity index (χ0v) is 11.9. The first-order valence-electron chi connectivity index (χ1n) is 7.51. The van der Waals surface area contributed by atoms with Crippen molar-refractivity contribution in [2.45, 2.75) is 39.2 Å². The lowest BCUT2D eigenvalue weighted by Crippen LogP contribution is -2.26. The van der Waals surface area contributed by atoms with Crippen molar-refractivity contribution < 1.29 is 4.79 Å². The largest absolute Gasteiger partial charge is 0.356 e. The number of aromatic nitrogens is 2. The van der Waals surface area contributed by atoms with E-state index in [2.05, 4.69) is 35.0 Å². The summed E-state index contributed by atoms with van der Waals surface area (Å²) in [4.78, 5) is 16.2. The number of hydrogen-bond donors (Lipinski definition) is 1. The molecule has 1 aromatic heterocycles. The van der Waals surface area contributed by atoms with Crippen molar-refractivity contribution in [3.8, 4) is 0 Å². The fourth-order valence-corrected chi connectivity index (χ4v) is 2.62. The highest BCUT2D eigenvalue weighted by atomic mass is 16.2. The summed E-state index contributed by atoms with van der Waals surface area (Å²) < 4.78 is 2.26. The lowest BCUT2D eigenvalue weighted by Gasteiger charge is -2.07. The number of benzene rings is 1. The molecule has 3 rings (SSSR count). The number of amides is 1. The quantitative estimate of drug-likeness (QED) is 0.821. The van der Waals surface area contributed by atoms with E-state index in [9.17, 15) is 4.79 Å². The molecule has 20 heavy (non-hydrogen) atoms. The standard InChI is InChI=1S/C16H21N3O/c1-2-19-14-7-4-3-6-13(14)18-15(19)8-5-11-17-16(20)12-9-10-12/h3-4,6-7,12H,2,5,8-11H2,1H3,(H,17,20). The number of carbonyl (C=O) groups is 1. The van der Waals surface area contributed by atoms with Gasteiger partial charge in [0.25, 0.3) is 0 Å². The second-order valence-electron chi connectivity index (χ2n) is 5.43. The van der Waals surface area contributed by atoms with Gasteiger partial charge in [0.15, 0.2) is 0 Å². The van der Waals surface area contributed by atoms with Crippen molar-refractivity contribution in [2.24, 2.45) is 5.92 Å². The van der Waals surface area contributed by atoms with E-state index in [-0.39, 0.29) is 5.91 Å². The Balaban J connectivity index is 1.60. The molecular weight excluding hydrogens is 250 g/mol. The lowest BCUT2D eigenvalue weighted by atomic mass is 10.3. The van der Waals surface area contributed by atoms with Crippen LogP contribution in [0.3, 0.4) is 0 Å². The van der Waals surface area contributed by atoms with Gasteiger partial charge in [-0.05, 0) is 38.3 Å². The average Bonchev–Trinajstić information content (AvgIpc) is 3.25. The predicted octanol–water partition coefficient (Wildman–Crippen LogP) is 2.52. The number of imidazole rings is 1. The summed E-state index contributed by atoms with van der Waals surface area (Å²) in [5.41, 5.74) is 2.26. The summed E-state index contributed by atoms with van der Waals surface area (Å²) in [6, 6.07) is 8.24. The molecule has 0 spiro atoms. The van der Waals surface area contributed by atoms with Gasteiger partial charge < -0.3 is 9.88 Å². The number of carbonyl (C=O) groups excluding carboxylic acids is 1. The average molecular weight is 271 g/mol. The zero-order chi connectivity index (χ0) is 13.9. The summed E-state index contributed by atoms with van der Waals surface area (Å²) >= 11 is 0. The van der Waals surface area contributed by atoms with Gasteiger partial charge in [-0.15, -0.1) is 0 Å². The summed E-state index contributed by atoms with van der Waals surface area (Å²) in [5, 5.41) is 3.01. The minimum atomic E-state index is 0.231. The maximum atomic E-state index is 11.5. The van der Waals surface area contributed by atoms with E-state index >= 15 is 0 Å². The maximum absolute atomic E-state index is 11.5. The molecule has 0 unspecified atom stereocenters. The van der Waals surface area contributed by atoms with E-state index < -0.39 is 0 Å². The molecule has 0 bridgehead atoms. The molecule has 1 aliphatic carbocycles. The molecule has 2 aromatic rings. The second-order valence-corrected chi connectivity index (χ2v) is 5.43. The van der Waals surface area contributed by atoms with E-state index in [4.69, 9.17) is 4.98 Å². The molecule has 4 heteroatoms. The molecule has 1 N–H and O–H groups in total. The Bertz CT molecular complexity index is 613. The Morgan fingerprint density at radius 3 is 2.95 bits per heavy atom. The summed E-state index contributed by atoms with van der Waals surface area (Å²) in [7, 11) is 0. The zero-order valence-electron chi connectivity index (χ0n) is 11.9. The van der Waals surface area contributed by atoms with Crippen molar-refractivity contribution in [2.75, 3.05) is 6.54 Å². The molecule has 0 aliphatic heterocycles. The highest BCUT2D eigenvalue weighted by molar-refractivity contribution is 5.80. The second kappa shape index (κ2) is 5.65. The topological polar surface area (TPSA) is 46.9 Å². The molecule has 1 amide bonds. The molecule has 106 valence electrons. The number of nitrogens with zero attached hydrogens (tertiary/aromatic N) is 2. The summed E-state index contributed by atoms with van der Waals surface area (Å²) in [6.45, 7) is 3.83. The number of nitrogens with one attached hydrogen (secondary N) is 1. The van der Waals surface area contributed by atoms with Gasteiger partial charge in [-0.2, -0.15) is 0 Å². The van der Waals surface area contributed by atoms with E-state index in [0.717, 1.165) is 50.1 Å². The Hall–Kier alpha value is -1.84. The van der Waals surface area contributed by atoms with Crippen LogP contribution in [0.5, 0.6) is 0 Å². The van der Waals surface area contributed by atoms with Crippen LogP contribution in [-0.4, -0.2) is 22.0 Å². The van der Waals surface area contributed by atoms with Crippen LogP contribution < -0.4 is 5.32 Å². The van der Waals surface area contributed by atoms with Crippen molar-refractivity contribution in [1.82, 2.24) is 14.9 Å². The van der Waals surface area contributed by atoms with E-state index in [1.165, 1.54) is 5.52 Å². The first-order chi connectivity index (χ1) is 9.79. The normalized spacial score (nSPS) is 14.7. The minimum Gasteiger partial charge on any atom is -0.356 e. The fourth-order valence-electron chi connectivity index (χ4n) is 2.62. The molecule has 0 radical (unpaired) electrons. The van der Waals surface area contributed by atoms with Crippen molar-refractivity contribution in [3.05, 3.63) is 30.1 Å². The van der Waals surface area contributed by atoms with Crippen LogP contribution in [-0.2, 0) is 17.8 Å². The minimum absolute atomic E-state index is 0.231. The van der Waals surface area contributed by atoms with Crippen molar-refractivity contribution in [1.29, 1.82) is 0 Å². The monoisotopic (exact) mass is 271 g/mol. The molecule has 1 aromatic carbocycles. The van der Waals surface area contributed by atoms with E-state index in [1.807, 2.05) is 6.07 Å². The van der Waals surface area contributed by atoms with Gasteiger partial charge in [-0.3, -0.25) is 4.79 Å². The summed E-state index contributed by atoms with van der Waals surface area (Å²) in [5.74, 6) is 1.65. The van der Waals surface area contributed by atoms with Gasteiger partial charge in [0.05, 0.1) is 11.0 Å². The number of para-hydroxylation sites is 2. The van der Waals surface area contributed by atoms with Crippen LogP contribution in [0.15, 0.2) is 24.3 Å².